The van der Waals surface area contributed by atoms with Gasteiger partial charge in [-0.25, -0.2) is 0 Å². The van der Waals surface area contributed by atoms with Crippen LogP contribution in [-0.4, -0.2) is 18.3 Å². The minimum Gasteiger partial charge on any atom is -0.492 e. The molecule has 0 bridgehead atoms. The molecule has 35 heavy (non-hydrogen) atoms. The molecule has 0 saturated carbocycles. The molecule has 0 radical (unpaired) electrons. The molecule has 0 aliphatic carbocycles. The molecule has 3 aromatic rings. The second kappa shape index (κ2) is 10.7. The maximum absolute atomic E-state index is 12.6. The van der Waals surface area contributed by atoms with Gasteiger partial charge in [-0.05, 0) is 41.8 Å². The maximum atomic E-state index is 12.6. The lowest BCUT2D eigenvalue weighted by atomic mass is 9.96. The van der Waals surface area contributed by atoms with Crippen molar-refractivity contribution in [1.29, 1.82) is 0 Å². The van der Waals surface area contributed by atoms with Crippen molar-refractivity contribution in [3.8, 4) is 22.6 Å². The number of hydrogen-bond acceptors (Lipinski definition) is 4. The van der Waals surface area contributed by atoms with E-state index in [1.165, 1.54) is 0 Å². The Morgan fingerprint density at radius 1 is 1.09 bits per heavy atom. The summed E-state index contributed by atoms with van der Waals surface area (Å²) in [6.07, 6.45) is 7.30. The van der Waals surface area contributed by atoms with Gasteiger partial charge < -0.3 is 15.2 Å². The third kappa shape index (κ3) is 5.25. The minimum atomic E-state index is -0.522. The number of Topliss-reactive ketones (excluding diaryl/α,β-unsaturated/α-hetero) is 1. The predicted octanol–water partition coefficient (Wildman–Crippen LogP) is 6.23. The van der Waals surface area contributed by atoms with Crippen LogP contribution >= 0.6 is 0 Å². The normalized spacial score (nSPS) is 14.2. The van der Waals surface area contributed by atoms with E-state index in [1.54, 1.807) is 24.3 Å². The molecule has 0 spiro atoms. The van der Waals surface area contributed by atoms with Gasteiger partial charge in [-0.2, -0.15) is 0 Å². The standard InChI is InChI=1S/C30H27NO4/c1-3-8-21(9-4-2)29(22-12-14-23(15-13-22)30(31)33)35-28-19-27-25(26(32)16-17-34-27)18-24(28)20-10-6-5-7-11-20/h3-15,18-19,29H,1,16-17H2,2H3,(H2,31,33)/b9-4-,21-8+. The second-order valence-corrected chi connectivity index (χ2v) is 8.12. The Balaban J connectivity index is 1.87. The molecular formula is C30H27NO4. The first-order chi connectivity index (χ1) is 17.0. The van der Waals surface area contributed by atoms with Crippen molar-refractivity contribution in [3.63, 3.8) is 0 Å². The van der Waals surface area contributed by atoms with Gasteiger partial charge in [0.25, 0.3) is 0 Å². The van der Waals surface area contributed by atoms with Crippen molar-refractivity contribution in [2.45, 2.75) is 19.4 Å². The zero-order valence-corrected chi connectivity index (χ0v) is 19.6. The number of amides is 1. The summed E-state index contributed by atoms with van der Waals surface area (Å²) in [4.78, 5) is 24.2. The van der Waals surface area contributed by atoms with Gasteiger partial charge in [0.2, 0.25) is 5.91 Å². The molecular weight excluding hydrogens is 438 g/mol. The molecule has 1 heterocycles. The number of ketones is 1. The molecule has 1 unspecified atom stereocenters. The van der Waals surface area contributed by atoms with Crippen LogP contribution in [0.4, 0.5) is 0 Å². The summed E-state index contributed by atoms with van der Waals surface area (Å²) in [6.45, 7) is 6.12. The van der Waals surface area contributed by atoms with E-state index in [9.17, 15) is 9.59 Å². The number of ether oxygens (including phenoxy) is 2. The van der Waals surface area contributed by atoms with E-state index >= 15 is 0 Å². The van der Waals surface area contributed by atoms with E-state index in [2.05, 4.69) is 6.58 Å². The summed E-state index contributed by atoms with van der Waals surface area (Å²) in [5.41, 5.74) is 9.81. The molecule has 0 saturated heterocycles. The summed E-state index contributed by atoms with van der Waals surface area (Å²) in [6, 6.07) is 20.4. The molecule has 4 rings (SSSR count). The first kappa shape index (κ1) is 23.8. The Hall–Kier alpha value is -4.38. The van der Waals surface area contributed by atoms with E-state index in [0.29, 0.717) is 35.7 Å². The Bertz CT molecular complexity index is 1300. The van der Waals surface area contributed by atoms with Gasteiger partial charge in [0.15, 0.2) is 5.78 Å². The Kier molecular flexibility index (Phi) is 7.27. The van der Waals surface area contributed by atoms with E-state index in [-0.39, 0.29) is 5.78 Å². The van der Waals surface area contributed by atoms with Crippen LogP contribution in [0.1, 0.15) is 45.7 Å². The molecule has 1 aliphatic rings. The first-order valence-electron chi connectivity index (χ1n) is 11.4. The van der Waals surface area contributed by atoms with Gasteiger partial charge in [0.1, 0.15) is 17.6 Å². The van der Waals surface area contributed by atoms with Gasteiger partial charge in [0.05, 0.1) is 12.2 Å². The number of hydrogen-bond donors (Lipinski definition) is 1. The highest BCUT2D eigenvalue weighted by Crippen LogP contribution is 2.41. The molecule has 1 atom stereocenters. The fourth-order valence-electron chi connectivity index (χ4n) is 4.06. The maximum Gasteiger partial charge on any atom is 0.248 e. The van der Waals surface area contributed by atoms with Crippen molar-refractivity contribution in [2.75, 3.05) is 6.61 Å². The molecule has 5 nitrogen and oxygen atoms in total. The van der Waals surface area contributed by atoms with E-state index in [4.69, 9.17) is 15.2 Å². The van der Waals surface area contributed by atoms with Crippen molar-refractivity contribution < 1.29 is 19.1 Å². The van der Waals surface area contributed by atoms with E-state index < -0.39 is 12.0 Å². The van der Waals surface area contributed by atoms with Gasteiger partial charge >= 0.3 is 0 Å². The number of allylic oxidation sites excluding steroid dienone is 3. The highest BCUT2D eigenvalue weighted by atomic mass is 16.5. The van der Waals surface area contributed by atoms with Crippen LogP contribution in [0.25, 0.3) is 11.1 Å². The molecule has 2 N–H and O–H groups in total. The largest absolute Gasteiger partial charge is 0.492 e. The van der Waals surface area contributed by atoms with Gasteiger partial charge in [-0.1, -0.05) is 73.3 Å². The molecule has 176 valence electrons. The SMILES string of the molecule is C=C/C=C(\C=C/C)C(Oc1cc2c(cc1-c1ccccc1)C(=O)CCO2)c1ccc(C(N)=O)cc1. The average Bonchev–Trinajstić information content (AvgIpc) is 2.87. The lowest BCUT2D eigenvalue weighted by Crippen LogP contribution is -2.17. The highest BCUT2D eigenvalue weighted by Gasteiger charge is 2.25. The minimum absolute atomic E-state index is 0.0507. The topological polar surface area (TPSA) is 78.6 Å². The highest BCUT2D eigenvalue weighted by molar-refractivity contribution is 6.01. The molecule has 1 aliphatic heterocycles. The zero-order valence-electron chi connectivity index (χ0n) is 19.6. The van der Waals surface area contributed by atoms with Gasteiger partial charge in [0, 0.05) is 23.6 Å². The average molecular weight is 466 g/mol. The molecule has 0 aromatic heterocycles. The molecule has 3 aromatic carbocycles. The van der Waals surface area contributed by atoms with Crippen LogP contribution in [0.5, 0.6) is 11.5 Å². The zero-order chi connectivity index (χ0) is 24.8. The summed E-state index contributed by atoms with van der Waals surface area (Å²) >= 11 is 0. The quantitative estimate of drug-likeness (QED) is 0.400. The van der Waals surface area contributed by atoms with Crippen LogP contribution < -0.4 is 15.2 Å². The number of fused-ring (bicyclic) bond motifs is 1. The molecule has 0 fully saturated rings. The van der Waals surface area contributed by atoms with E-state index in [1.807, 2.05) is 73.7 Å². The Morgan fingerprint density at radius 2 is 1.83 bits per heavy atom. The smallest absolute Gasteiger partial charge is 0.248 e. The molecule has 1 amide bonds. The lowest BCUT2D eigenvalue weighted by Gasteiger charge is -2.25. The summed E-state index contributed by atoms with van der Waals surface area (Å²) in [5.74, 6) is 0.647. The van der Waals surface area contributed by atoms with Crippen molar-refractivity contribution >= 4 is 11.7 Å². The third-order valence-corrected chi connectivity index (χ3v) is 5.77. The summed E-state index contributed by atoms with van der Waals surface area (Å²) < 4.78 is 12.5. The van der Waals surface area contributed by atoms with Crippen molar-refractivity contribution in [1.82, 2.24) is 0 Å². The van der Waals surface area contributed by atoms with Crippen LogP contribution in [0.15, 0.2) is 103 Å². The van der Waals surface area contributed by atoms with Gasteiger partial charge in [-0.3, -0.25) is 9.59 Å². The molecule has 5 heteroatoms. The second-order valence-electron chi connectivity index (χ2n) is 8.12. The van der Waals surface area contributed by atoms with Crippen LogP contribution in [0.2, 0.25) is 0 Å². The number of primary amides is 1. The fourth-order valence-corrected chi connectivity index (χ4v) is 4.06. The fraction of sp³-hybridized carbons (Fsp3) is 0.133. The Labute approximate surface area is 205 Å². The summed E-state index contributed by atoms with van der Waals surface area (Å²) in [5, 5.41) is 0. The first-order valence-corrected chi connectivity index (χ1v) is 11.4. The van der Waals surface area contributed by atoms with E-state index in [0.717, 1.165) is 22.3 Å². The Morgan fingerprint density at radius 3 is 2.49 bits per heavy atom. The summed E-state index contributed by atoms with van der Waals surface area (Å²) in [7, 11) is 0. The van der Waals surface area contributed by atoms with Crippen molar-refractivity contribution in [3.05, 3.63) is 120 Å². The monoisotopic (exact) mass is 465 g/mol. The van der Waals surface area contributed by atoms with Crippen LogP contribution in [0, 0.1) is 0 Å². The van der Waals surface area contributed by atoms with Crippen LogP contribution in [-0.2, 0) is 0 Å². The number of benzene rings is 3. The number of rotatable bonds is 8. The van der Waals surface area contributed by atoms with Crippen molar-refractivity contribution in [2.24, 2.45) is 5.73 Å². The number of carbonyl (C=O) groups excluding carboxylic acids is 2. The number of nitrogens with two attached hydrogens (primary N) is 1. The predicted molar refractivity (Wildman–Crippen MR) is 138 cm³/mol. The third-order valence-electron chi connectivity index (χ3n) is 5.77. The lowest BCUT2D eigenvalue weighted by molar-refractivity contribution is 0.0932. The van der Waals surface area contributed by atoms with Gasteiger partial charge in [-0.15, -0.1) is 0 Å². The van der Waals surface area contributed by atoms with Crippen LogP contribution in [0.3, 0.4) is 0 Å². The number of carbonyl (C=O) groups is 2.